The van der Waals surface area contributed by atoms with Gasteiger partial charge in [-0.15, -0.1) is 0 Å². The molecule has 27 heavy (non-hydrogen) atoms. The first-order valence-electron chi connectivity index (χ1n) is 9.11. The molecule has 1 atom stereocenters. The van der Waals surface area contributed by atoms with Crippen LogP contribution < -0.4 is 16.8 Å². The molecule has 3 aromatic rings. The van der Waals surface area contributed by atoms with Gasteiger partial charge in [-0.2, -0.15) is 0 Å². The van der Waals surface area contributed by atoms with Gasteiger partial charge >= 0.3 is 0 Å². The van der Waals surface area contributed by atoms with Crippen molar-refractivity contribution in [1.29, 1.82) is 0 Å². The number of carbonyl (C=O) groups is 1. The van der Waals surface area contributed by atoms with Gasteiger partial charge in [0.05, 0.1) is 0 Å². The van der Waals surface area contributed by atoms with E-state index in [1.54, 1.807) is 12.1 Å². The van der Waals surface area contributed by atoms with Crippen molar-refractivity contribution in [1.82, 2.24) is 10.3 Å². The Hall–Kier alpha value is -2.70. The molecule has 0 fully saturated rings. The second kappa shape index (κ2) is 8.33. The average molecular weight is 368 g/mol. The Morgan fingerprint density at radius 2 is 1.89 bits per heavy atom. The smallest absolute Gasteiger partial charge is 0.268 e. The fourth-order valence-electron chi connectivity index (χ4n) is 3.17. The van der Waals surface area contributed by atoms with Crippen molar-refractivity contribution in [3.63, 3.8) is 0 Å². The molecule has 0 aliphatic rings. The van der Waals surface area contributed by atoms with E-state index in [9.17, 15) is 9.18 Å². The first-order chi connectivity index (χ1) is 13.0. The molecule has 1 heterocycles. The molecule has 0 saturated carbocycles. The highest BCUT2D eigenvalue weighted by Crippen LogP contribution is 2.28. The number of aryl methyl sites for hydroxylation is 1. The SMILES string of the molecule is Cc1c(C(=O)NCC(N)CCCN)[nH]c2ccc(-c3ccc(F)cc3)cc12. The van der Waals surface area contributed by atoms with Crippen molar-refractivity contribution in [3.05, 3.63) is 59.5 Å². The van der Waals surface area contributed by atoms with Gasteiger partial charge in [0.2, 0.25) is 0 Å². The number of benzene rings is 2. The van der Waals surface area contributed by atoms with Crippen LogP contribution in [0.25, 0.3) is 22.0 Å². The molecule has 5 nitrogen and oxygen atoms in total. The first kappa shape index (κ1) is 19.1. The molecule has 1 unspecified atom stereocenters. The zero-order chi connectivity index (χ0) is 19.4. The first-order valence-corrected chi connectivity index (χ1v) is 9.11. The summed E-state index contributed by atoms with van der Waals surface area (Å²) in [5.41, 5.74) is 15.7. The Balaban J connectivity index is 1.80. The van der Waals surface area contributed by atoms with Crippen molar-refractivity contribution in [3.8, 4) is 11.1 Å². The lowest BCUT2D eigenvalue weighted by atomic mass is 10.0. The molecule has 6 N–H and O–H groups in total. The number of hydrogen-bond donors (Lipinski definition) is 4. The quantitative estimate of drug-likeness (QED) is 0.516. The normalized spacial score (nSPS) is 12.3. The predicted molar refractivity (Wildman–Crippen MR) is 107 cm³/mol. The number of nitrogens with one attached hydrogen (secondary N) is 2. The summed E-state index contributed by atoms with van der Waals surface area (Å²) in [4.78, 5) is 15.7. The molecule has 0 aliphatic heterocycles. The number of rotatable bonds is 7. The van der Waals surface area contributed by atoms with Crippen LogP contribution in [-0.4, -0.2) is 30.0 Å². The summed E-state index contributed by atoms with van der Waals surface area (Å²) in [5.74, 6) is -0.434. The predicted octanol–water partition coefficient (Wildman–Crippen LogP) is 3.08. The largest absolute Gasteiger partial charge is 0.350 e. The number of hydrogen-bond acceptors (Lipinski definition) is 3. The van der Waals surface area contributed by atoms with E-state index in [2.05, 4.69) is 10.3 Å². The lowest BCUT2D eigenvalue weighted by molar-refractivity contribution is 0.0946. The Kier molecular flexibility index (Phi) is 5.88. The van der Waals surface area contributed by atoms with Crippen LogP contribution >= 0.6 is 0 Å². The Labute approximate surface area is 157 Å². The summed E-state index contributed by atoms with van der Waals surface area (Å²) in [7, 11) is 0. The molecule has 1 amide bonds. The van der Waals surface area contributed by atoms with Crippen LogP contribution in [0.1, 0.15) is 28.9 Å². The maximum absolute atomic E-state index is 13.1. The van der Waals surface area contributed by atoms with Gasteiger partial charge in [0, 0.05) is 23.5 Å². The van der Waals surface area contributed by atoms with Crippen LogP contribution in [0.4, 0.5) is 4.39 Å². The minimum absolute atomic E-state index is 0.104. The van der Waals surface area contributed by atoms with E-state index in [4.69, 9.17) is 11.5 Å². The van der Waals surface area contributed by atoms with Crippen LogP contribution in [0.15, 0.2) is 42.5 Å². The zero-order valence-electron chi connectivity index (χ0n) is 15.4. The molecule has 0 saturated heterocycles. The Morgan fingerprint density at radius 1 is 1.19 bits per heavy atom. The third-order valence-electron chi connectivity index (χ3n) is 4.77. The van der Waals surface area contributed by atoms with Gasteiger partial charge < -0.3 is 21.8 Å². The highest BCUT2D eigenvalue weighted by atomic mass is 19.1. The number of fused-ring (bicyclic) bond motifs is 1. The summed E-state index contributed by atoms with van der Waals surface area (Å²) >= 11 is 0. The minimum atomic E-state index is -0.263. The second-order valence-electron chi connectivity index (χ2n) is 6.79. The summed E-state index contributed by atoms with van der Waals surface area (Å²) in [6.45, 7) is 2.92. The molecule has 3 rings (SSSR count). The monoisotopic (exact) mass is 368 g/mol. The number of aromatic nitrogens is 1. The number of amides is 1. The van der Waals surface area contributed by atoms with E-state index >= 15 is 0 Å². The van der Waals surface area contributed by atoms with Crippen molar-refractivity contribution in [2.24, 2.45) is 11.5 Å². The van der Waals surface area contributed by atoms with Gasteiger partial charge in [0.25, 0.3) is 5.91 Å². The summed E-state index contributed by atoms with van der Waals surface area (Å²) in [5, 5.41) is 3.85. The highest BCUT2D eigenvalue weighted by Gasteiger charge is 2.16. The molecule has 0 bridgehead atoms. The maximum Gasteiger partial charge on any atom is 0.268 e. The van der Waals surface area contributed by atoms with Crippen molar-refractivity contribution < 1.29 is 9.18 Å². The number of aromatic amines is 1. The van der Waals surface area contributed by atoms with Gasteiger partial charge in [-0.3, -0.25) is 4.79 Å². The van der Waals surface area contributed by atoms with Crippen LogP contribution in [0, 0.1) is 12.7 Å². The molecule has 0 radical (unpaired) electrons. The third kappa shape index (κ3) is 4.35. The molecule has 1 aromatic heterocycles. The summed E-state index contributed by atoms with van der Waals surface area (Å²) in [6, 6.07) is 12.2. The Morgan fingerprint density at radius 3 is 2.59 bits per heavy atom. The van der Waals surface area contributed by atoms with Crippen molar-refractivity contribution in [2.45, 2.75) is 25.8 Å². The van der Waals surface area contributed by atoms with E-state index < -0.39 is 0 Å². The van der Waals surface area contributed by atoms with Gasteiger partial charge in [0.1, 0.15) is 11.5 Å². The third-order valence-corrected chi connectivity index (χ3v) is 4.77. The van der Waals surface area contributed by atoms with E-state index in [0.717, 1.165) is 40.4 Å². The summed E-state index contributed by atoms with van der Waals surface area (Å²) in [6.07, 6.45) is 1.62. The highest BCUT2D eigenvalue weighted by molar-refractivity contribution is 6.01. The number of halogens is 1. The molecule has 0 spiro atoms. The second-order valence-corrected chi connectivity index (χ2v) is 6.79. The average Bonchev–Trinajstić information content (AvgIpc) is 3.01. The minimum Gasteiger partial charge on any atom is -0.350 e. The van der Waals surface area contributed by atoms with E-state index in [1.165, 1.54) is 12.1 Å². The topological polar surface area (TPSA) is 96.9 Å². The molecule has 0 aliphatic carbocycles. The van der Waals surface area contributed by atoms with Gasteiger partial charge in [-0.1, -0.05) is 18.2 Å². The van der Waals surface area contributed by atoms with Crippen LogP contribution in [-0.2, 0) is 0 Å². The number of carbonyl (C=O) groups excluding carboxylic acids is 1. The van der Waals surface area contributed by atoms with E-state index in [0.29, 0.717) is 18.8 Å². The van der Waals surface area contributed by atoms with Gasteiger partial charge in [-0.25, -0.2) is 4.39 Å². The van der Waals surface area contributed by atoms with E-state index in [-0.39, 0.29) is 17.8 Å². The Bertz CT molecular complexity index is 933. The fourth-order valence-corrected chi connectivity index (χ4v) is 3.17. The van der Waals surface area contributed by atoms with Crippen molar-refractivity contribution >= 4 is 16.8 Å². The zero-order valence-corrected chi connectivity index (χ0v) is 15.4. The van der Waals surface area contributed by atoms with Crippen LogP contribution in [0.2, 0.25) is 0 Å². The molecular formula is C21H25FN4O. The molecular weight excluding hydrogens is 343 g/mol. The molecule has 142 valence electrons. The number of H-pyrrole nitrogens is 1. The maximum atomic E-state index is 13.1. The number of nitrogens with two attached hydrogens (primary N) is 2. The van der Waals surface area contributed by atoms with Crippen molar-refractivity contribution in [2.75, 3.05) is 13.1 Å². The van der Waals surface area contributed by atoms with E-state index in [1.807, 2.05) is 25.1 Å². The van der Waals surface area contributed by atoms with Crippen LogP contribution in [0.3, 0.4) is 0 Å². The lowest BCUT2D eigenvalue weighted by Gasteiger charge is -2.12. The van der Waals surface area contributed by atoms with Crippen LogP contribution in [0.5, 0.6) is 0 Å². The summed E-state index contributed by atoms with van der Waals surface area (Å²) < 4.78 is 13.1. The van der Waals surface area contributed by atoms with Gasteiger partial charge in [0.15, 0.2) is 0 Å². The fraction of sp³-hybridized carbons (Fsp3) is 0.286. The standard InChI is InChI=1S/C21H25FN4O/c1-13-18-11-15(14-4-7-16(22)8-5-14)6-9-19(18)26-20(13)21(27)25-12-17(24)3-2-10-23/h4-9,11,17,26H,2-3,10,12,23-24H2,1H3,(H,25,27). The van der Waals surface area contributed by atoms with Gasteiger partial charge in [-0.05, 0) is 67.3 Å². The molecule has 6 heteroatoms. The lowest BCUT2D eigenvalue weighted by Crippen LogP contribution is -2.37. The molecule has 2 aromatic carbocycles.